The molecule has 0 radical (unpaired) electrons. The fourth-order valence-corrected chi connectivity index (χ4v) is 1.84. The molecule has 0 heterocycles. The summed E-state index contributed by atoms with van der Waals surface area (Å²) < 4.78 is 5.70. The first-order valence-electron chi connectivity index (χ1n) is 7.29. The summed E-state index contributed by atoms with van der Waals surface area (Å²) in [5.74, 6) is 0.505. The van der Waals surface area contributed by atoms with Crippen molar-refractivity contribution in [1.29, 1.82) is 0 Å². The molecule has 0 aliphatic rings. The molecule has 1 nitrogen and oxygen atoms in total. The molecule has 0 bridgehead atoms. The van der Waals surface area contributed by atoms with Crippen molar-refractivity contribution in [3.63, 3.8) is 0 Å². The first-order valence-corrected chi connectivity index (χ1v) is 7.29. The predicted molar refractivity (Wildman–Crippen MR) is 81.9 cm³/mol. The van der Waals surface area contributed by atoms with E-state index in [1.807, 2.05) is 6.08 Å². The van der Waals surface area contributed by atoms with E-state index in [1.165, 1.54) is 37.7 Å². The molecule has 0 aromatic rings. The maximum atomic E-state index is 5.70. The third kappa shape index (κ3) is 11.9. The minimum Gasteiger partial charge on any atom is -0.376 e. The van der Waals surface area contributed by atoms with Gasteiger partial charge in [-0.05, 0) is 52.9 Å². The third-order valence-corrected chi connectivity index (χ3v) is 2.92. The van der Waals surface area contributed by atoms with E-state index in [9.17, 15) is 0 Å². The SMILES string of the molecule is C=CC(C)/C=C(\C)CCCCCCOC(C)(C)C. The molecule has 1 atom stereocenters. The van der Waals surface area contributed by atoms with E-state index in [2.05, 4.69) is 47.3 Å². The Balaban J connectivity index is 3.46. The summed E-state index contributed by atoms with van der Waals surface area (Å²) in [4.78, 5) is 0. The second-order valence-electron chi connectivity index (χ2n) is 6.23. The number of allylic oxidation sites excluding steroid dienone is 3. The van der Waals surface area contributed by atoms with E-state index in [0.29, 0.717) is 5.92 Å². The molecule has 0 aromatic carbocycles. The largest absolute Gasteiger partial charge is 0.376 e. The minimum atomic E-state index is 0.0140. The highest BCUT2D eigenvalue weighted by atomic mass is 16.5. The van der Waals surface area contributed by atoms with Crippen LogP contribution in [-0.4, -0.2) is 12.2 Å². The van der Waals surface area contributed by atoms with E-state index in [0.717, 1.165) is 6.61 Å². The maximum absolute atomic E-state index is 5.70. The molecule has 18 heavy (non-hydrogen) atoms. The Labute approximate surface area is 114 Å². The molecular formula is C17H32O. The van der Waals surface area contributed by atoms with Gasteiger partial charge in [-0.2, -0.15) is 0 Å². The van der Waals surface area contributed by atoms with Gasteiger partial charge < -0.3 is 4.74 Å². The van der Waals surface area contributed by atoms with E-state index in [4.69, 9.17) is 4.74 Å². The fraction of sp³-hybridized carbons (Fsp3) is 0.765. The summed E-state index contributed by atoms with van der Waals surface area (Å²) in [7, 11) is 0. The summed E-state index contributed by atoms with van der Waals surface area (Å²) in [6, 6.07) is 0. The van der Waals surface area contributed by atoms with Crippen LogP contribution in [0.4, 0.5) is 0 Å². The minimum absolute atomic E-state index is 0.0140. The predicted octanol–water partition coefficient (Wildman–Crippen LogP) is 5.52. The normalized spacial score (nSPS) is 14.6. The van der Waals surface area contributed by atoms with Crippen LogP contribution in [0.3, 0.4) is 0 Å². The van der Waals surface area contributed by atoms with Crippen LogP contribution < -0.4 is 0 Å². The summed E-state index contributed by atoms with van der Waals surface area (Å²) in [6.07, 6.45) is 10.6. The quantitative estimate of drug-likeness (QED) is 0.388. The van der Waals surface area contributed by atoms with Crippen molar-refractivity contribution in [1.82, 2.24) is 0 Å². The molecule has 0 saturated heterocycles. The van der Waals surface area contributed by atoms with Crippen LogP contribution in [0, 0.1) is 5.92 Å². The van der Waals surface area contributed by atoms with E-state index in [-0.39, 0.29) is 5.60 Å². The Morgan fingerprint density at radius 3 is 2.33 bits per heavy atom. The van der Waals surface area contributed by atoms with Gasteiger partial charge >= 0.3 is 0 Å². The van der Waals surface area contributed by atoms with Gasteiger partial charge in [0, 0.05) is 6.61 Å². The molecular weight excluding hydrogens is 220 g/mol. The molecule has 0 fully saturated rings. The van der Waals surface area contributed by atoms with Gasteiger partial charge in [-0.25, -0.2) is 0 Å². The molecule has 0 aliphatic carbocycles. The smallest absolute Gasteiger partial charge is 0.0598 e. The molecule has 1 heteroatoms. The number of unbranched alkanes of at least 4 members (excludes halogenated alkanes) is 3. The van der Waals surface area contributed by atoms with Gasteiger partial charge in [-0.15, -0.1) is 6.58 Å². The van der Waals surface area contributed by atoms with Crippen molar-refractivity contribution in [2.75, 3.05) is 6.61 Å². The zero-order valence-corrected chi connectivity index (χ0v) is 13.1. The first-order chi connectivity index (χ1) is 8.35. The van der Waals surface area contributed by atoms with Gasteiger partial charge in [0.1, 0.15) is 0 Å². The molecule has 106 valence electrons. The molecule has 0 aliphatic heterocycles. The summed E-state index contributed by atoms with van der Waals surface area (Å²) in [6.45, 7) is 15.4. The lowest BCUT2D eigenvalue weighted by atomic mass is 10.0. The molecule has 0 amide bonds. The topological polar surface area (TPSA) is 9.23 Å². The Morgan fingerprint density at radius 1 is 1.17 bits per heavy atom. The molecule has 0 rings (SSSR count). The van der Waals surface area contributed by atoms with Crippen LogP contribution in [0.1, 0.15) is 66.7 Å². The lowest BCUT2D eigenvalue weighted by molar-refractivity contribution is -0.00473. The zero-order chi connectivity index (χ0) is 14.0. The molecule has 0 N–H and O–H groups in total. The van der Waals surface area contributed by atoms with Gasteiger partial charge in [-0.1, -0.05) is 37.5 Å². The first kappa shape index (κ1) is 17.4. The van der Waals surface area contributed by atoms with Gasteiger partial charge in [0.2, 0.25) is 0 Å². The van der Waals surface area contributed by atoms with Crippen molar-refractivity contribution in [3.8, 4) is 0 Å². The lowest BCUT2D eigenvalue weighted by Gasteiger charge is -2.19. The van der Waals surface area contributed by atoms with Crippen LogP contribution in [0.5, 0.6) is 0 Å². The highest BCUT2D eigenvalue weighted by Crippen LogP contribution is 2.13. The number of hydrogen-bond donors (Lipinski definition) is 0. The Morgan fingerprint density at radius 2 is 1.78 bits per heavy atom. The Bertz CT molecular complexity index is 245. The fourth-order valence-electron chi connectivity index (χ4n) is 1.84. The van der Waals surface area contributed by atoms with Crippen molar-refractivity contribution in [3.05, 3.63) is 24.3 Å². The van der Waals surface area contributed by atoms with E-state index >= 15 is 0 Å². The van der Waals surface area contributed by atoms with E-state index < -0.39 is 0 Å². The van der Waals surface area contributed by atoms with Crippen LogP contribution in [0.25, 0.3) is 0 Å². The van der Waals surface area contributed by atoms with Gasteiger partial charge in [0.25, 0.3) is 0 Å². The van der Waals surface area contributed by atoms with Crippen molar-refractivity contribution < 1.29 is 4.74 Å². The van der Waals surface area contributed by atoms with Gasteiger partial charge in [0.05, 0.1) is 5.60 Å². The highest BCUT2D eigenvalue weighted by Gasteiger charge is 2.08. The molecule has 0 spiro atoms. The average Bonchev–Trinajstić information content (AvgIpc) is 2.26. The standard InChI is InChI=1S/C17H32O/c1-7-15(2)14-16(3)12-10-8-9-11-13-18-17(4,5)6/h7,14-15H,1,8-13H2,2-6H3/b16-14+. The van der Waals surface area contributed by atoms with Crippen LogP contribution >= 0.6 is 0 Å². The van der Waals surface area contributed by atoms with Gasteiger partial charge in [0.15, 0.2) is 0 Å². The molecule has 0 aromatic heterocycles. The van der Waals surface area contributed by atoms with Gasteiger partial charge in [-0.3, -0.25) is 0 Å². The Hall–Kier alpha value is -0.560. The molecule has 1 unspecified atom stereocenters. The second-order valence-corrected chi connectivity index (χ2v) is 6.23. The average molecular weight is 252 g/mol. The number of ether oxygens (including phenoxy) is 1. The van der Waals surface area contributed by atoms with Crippen LogP contribution in [0.2, 0.25) is 0 Å². The summed E-state index contributed by atoms with van der Waals surface area (Å²) in [5.41, 5.74) is 1.51. The van der Waals surface area contributed by atoms with Crippen molar-refractivity contribution in [2.45, 2.75) is 72.3 Å². The van der Waals surface area contributed by atoms with E-state index in [1.54, 1.807) is 0 Å². The summed E-state index contributed by atoms with van der Waals surface area (Å²) in [5, 5.41) is 0. The monoisotopic (exact) mass is 252 g/mol. The highest BCUT2D eigenvalue weighted by molar-refractivity contribution is 5.04. The molecule has 0 saturated carbocycles. The van der Waals surface area contributed by atoms with Crippen molar-refractivity contribution in [2.24, 2.45) is 5.92 Å². The third-order valence-electron chi connectivity index (χ3n) is 2.92. The maximum Gasteiger partial charge on any atom is 0.0598 e. The number of rotatable bonds is 9. The Kier molecular flexibility index (Phi) is 9.09. The van der Waals surface area contributed by atoms with Crippen molar-refractivity contribution >= 4 is 0 Å². The van der Waals surface area contributed by atoms with Crippen LogP contribution in [0.15, 0.2) is 24.3 Å². The zero-order valence-electron chi connectivity index (χ0n) is 13.1. The van der Waals surface area contributed by atoms with Crippen LogP contribution in [-0.2, 0) is 4.74 Å². The number of hydrogen-bond acceptors (Lipinski definition) is 1. The second kappa shape index (κ2) is 9.38. The lowest BCUT2D eigenvalue weighted by Crippen LogP contribution is -2.19. The summed E-state index contributed by atoms with van der Waals surface area (Å²) >= 11 is 0.